The van der Waals surface area contributed by atoms with Crippen LogP contribution in [0.5, 0.6) is 0 Å². The van der Waals surface area contributed by atoms with Crippen LogP contribution in [0, 0.1) is 0 Å². The van der Waals surface area contributed by atoms with E-state index in [0.717, 1.165) is 24.3 Å². The first kappa shape index (κ1) is 17.6. The van der Waals surface area contributed by atoms with Crippen molar-refractivity contribution in [1.29, 1.82) is 0 Å². The van der Waals surface area contributed by atoms with Gasteiger partial charge in [0.25, 0.3) is 0 Å². The molecule has 2 aromatic rings. The van der Waals surface area contributed by atoms with E-state index in [1.54, 1.807) is 16.2 Å². The van der Waals surface area contributed by atoms with Gasteiger partial charge in [0.1, 0.15) is 0 Å². The summed E-state index contributed by atoms with van der Waals surface area (Å²) in [5.41, 5.74) is 1.57. The molecule has 0 radical (unpaired) electrons. The second kappa shape index (κ2) is 7.80. The Morgan fingerprint density at radius 1 is 1.36 bits per heavy atom. The molecule has 1 aliphatic heterocycles. The normalized spacial score (nSPS) is 15.6. The van der Waals surface area contributed by atoms with Crippen molar-refractivity contribution in [2.45, 2.75) is 25.8 Å². The lowest BCUT2D eigenvalue weighted by Gasteiger charge is -2.23. The third-order valence-electron chi connectivity index (χ3n) is 4.52. The monoisotopic (exact) mass is 357 g/mol. The molecule has 1 fully saturated rings. The van der Waals surface area contributed by atoms with Crippen molar-refractivity contribution in [3.63, 3.8) is 0 Å². The zero-order valence-corrected chi connectivity index (χ0v) is 15.4. The van der Waals surface area contributed by atoms with Crippen LogP contribution >= 0.6 is 11.3 Å². The lowest BCUT2D eigenvalue weighted by molar-refractivity contribution is -0.118. The molecule has 1 N–H and O–H groups in total. The quantitative estimate of drug-likeness (QED) is 0.861. The van der Waals surface area contributed by atoms with Gasteiger partial charge < -0.3 is 10.2 Å². The Labute approximate surface area is 152 Å². The standard InChI is InChI=1S/C19H23N3O2S/c1-14(17-8-5-11-25-17)21(2)13-18(23)20-15-6-3-7-16(12-15)22-10-4-9-19(22)24/h3,5-8,11-12,14H,4,9-10,13H2,1-2H3,(H,20,23)/t14-/m0/s1. The van der Waals surface area contributed by atoms with Crippen LogP contribution in [0.3, 0.4) is 0 Å². The highest BCUT2D eigenvalue weighted by Gasteiger charge is 2.22. The highest BCUT2D eigenvalue weighted by Crippen LogP contribution is 2.25. The summed E-state index contributed by atoms with van der Waals surface area (Å²) in [4.78, 5) is 29.3. The van der Waals surface area contributed by atoms with Crippen LogP contribution in [0.25, 0.3) is 0 Å². The van der Waals surface area contributed by atoms with Crippen molar-refractivity contribution in [2.24, 2.45) is 0 Å². The maximum absolute atomic E-state index is 12.4. The molecule has 132 valence electrons. The van der Waals surface area contributed by atoms with E-state index in [1.165, 1.54) is 4.88 Å². The molecule has 5 nitrogen and oxygen atoms in total. The van der Waals surface area contributed by atoms with E-state index in [2.05, 4.69) is 18.3 Å². The van der Waals surface area contributed by atoms with Crippen molar-refractivity contribution in [1.82, 2.24) is 4.90 Å². The Balaban J connectivity index is 1.60. The SMILES string of the molecule is C[C@@H](c1cccs1)N(C)CC(=O)Nc1cccc(N2CCCC2=O)c1. The summed E-state index contributed by atoms with van der Waals surface area (Å²) in [5.74, 6) is 0.0868. The second-order valence-corrected chi connectivity index (χ2v) is 7.33. The summed E-state index contributed by atoms with van der Waals surface area (Å²) in [5, 5.41) is 4.98. The van der Waals surface area contributed by atoms with Crippen molar-refractivity contribution in [3.05, 3.63) is 46.7 Å². The summed E-state index contributed by atoms with van der Waals surface area (Å²) < 4.78 is 0. The predicted molar refractivity (Wildman–Crippen MR) is 102 cm³/mol. The molecule has 0 bridgehead atoms. The molecule has 2 heterocycles. The highest BCUT2D eigenvalue weighted by molar-refractivity contribution is 7.10. The zero-order valence-electron chi connectivity index (χ0n) is 14.6. The van der Waals surface area contributed by atoms with Crippen LogP contribution in [0.15, 0.2) is 41.8 Å². The van der Waals surface area contributed by atoms with Gasteiger partial charge in [-0.1, -0.05) is 12.1 Å². The highest BCUT2D eigenvalue weighted by atomic mass is 32.1. The Bertz CT molecular complexity index is 745. The van der Waals surface area contributed by atoms with Gasteiger partial charge >= 0.3 is 0 Å². The lowest BCUT2D eigenvalue weighted by Crippen LogP contribution is -2.32. The smallest absolute Gasteiger partial charge is 0.238 e. The van der Waals surface area contributed by atoms with Gasteiger partial charge in [-0.2, -0.15) is 0 Å². The summed E-state index contributed by atoms with van der Waals surface area (Å²) in [6, 6.07) is 11.8. The van der Waals surface area contributed by atoms with Gasteiger partial charge in [0.15, 0.2) is 0 Å². The first-order chi connectivity index (χ1) is 12.0. The topological polar surface area (TPSA) is 52.7 Å². The van der Waals surface area contributed by atoms with E-state index in [1.807, 2.05) is 47.7 Å². The average molecular weight is 357 g/mol. The van der Waals surface area contributed by atoms with Crippen molar-refractivity contribution in [3.8, 4) is 0 Å². The number of nitrogens with one attached hydrogen (secondary N) is 1. The third kappa shape index (κ3) is 4.27. The van der Waals surface area contributed by atoms with Crippen LogP contribution in [0.4, 0.5) is 11.4 Å². The molecule has 0 aliphatic carbocycles. The minimum atomic E-state index is -0.0594. The summed E-state index contributed by atoms with van der Waals surface area (Å²) in [6.07, 6.45) is 1.49. The summed E-state index contributed by atoms with van der Waals surface area (Å²) >= 11 is 1.70. The molecule has 0 unspecified atom stereocenters. The number of carbonyl (C=O) groups is 2. The molecule has 3 rings (SSSR count). The molecule has 0 saturated carbocycles. The molecule has 25 heavy (non-hydrogen) atoms. The molecular formula is C19H23N3O2S. The first-order valence-corrected chi connectivity index (χ1v) is 9.36. The Morgan fingerprint density at radius 2 is 2.20 bits per heavy atom. The fraction of sp³-hybridized carbons (Fsp3) is 0.368. The number of carbonyl (C=O) groups excluding carboxylic acids is 2. The number of hydrogen-bond acceptors (Lipinski definition) is 4. The predicted octanol–water partition coefficient (Wildman–Crippen LogP) is 3.51. The van der Waals surface area contributed by atoms with Crippen LogP contribution < -0.4 is 10.2 Å². The molecule has 6 heteroatoms. The number of anilines is 2. The number of nitrogens with zero attached hydrogens (tertiary/aromatic N) is 2. The van der Waals surface area contributed by atoms with Crippen molar-refractivity contribution in [2.75, 3.05) is 30.4 Å². The largest absolute Gasteiger partial charge is 0.325 e. The summed E-state index contributed by atoms with van der Waals surface area (Å²) in [6.45, 7) is 3.15. The van der Waals surface area contributed by atoms with Gasteiger partial charge in [0.05, 0.1) is 6.54 Å². The molecule has 1 aliphatic rings. The minimum Gasteiger partial charge on any atom is -0.325 e. The third-order valence-corrected chi connectivity index (χ3v) is 5.57. The zero-order chi connectivity index (χ0) is 17.8. The number of thiophene rings is 1. The van der Waals surface area contributed by atoms with Gasteiger partial charge in [0.2, 0.25) is 11.8 Å². The number of likely N-dealkylation sites (N-methyl/N-ethyl adjacent to an activating group) is 1. The molecule has 0 spiro atoms. The van der Waals surface area contributed by atoms with Crippen LogP contribution in [-0.2, 0) is 9.59 Å². The van der Waals surface area contributed by atoms with Crippen LogP contribution in [0.1, 0.15) is 30.7 Å². The molecule has 1 atom stereocenters. The fourth-order valence-corrected chi connectivity index (χ4v) is 3.83. The van der Waals surface area contributed by atoms with Crippen LogP contribution in [-0.4, -0.2) is 36.9 Å². The summed E-state index contributed by atoms with van der Waals surface area (Å²) in [7, 11) is 1.95. The lowest BCUT2D eigenvalue weighted by atomic mass is 10.2. The number of hydrogen-bond donors (Lipinski definition) is 1. The van der Waals surface area contributed by atoms with Gasteiger partial charge in [0, 0.05) is 35.3 Å². The maximum atomic E-state index is 12.4. The fourth-order valence-electron chi connectivity index (χ4n) is 2.98. The Kier molecular flexibility index (Phi) is 5.50. The Morgan fingerprint density at radius 3 is 2.88 bits per heavy atom. The van der Waals surface area contributed by atoms with E-state index < -0.39 is 0 Å². The van der Waals surface area contributed by atoms with Crippen molar-refractivity contribution < 1.29 is 9.59 Å². The number of rotatable bonds is 6. The number of amides is 2. The molecule has 1 aromatic heterocycles. The Hall–Kier alpha value is -2.18. The first-order valence-electron chi connectivity index (χ1n) is 8.48. The van der Waals surface area contributed by atoms with E-state index in [-0.39, 0.29) is 17.9 Å². The van der Waals surface area contributed by atoms with Crippen LogP contribution in [0.2, 0.25) is 0 Å². The number of benzene rings is 1. The van der Waals surface area contributed by atoms with E-state index in [9.17, 15) is 9.59 Å². The average Bonchev–Trinajstić information content (AvgIpc) is 3.25. The molecule has 1 aromatic carbocycles. The van der Waals surface area contributed by atoms with Gasteiger partial charge in [-0.3, -0.25) is 14.5 Å². The molecule has 2 amide bonds. The molecular weight excluding hydrogens is 334 g/mol. The maximum Gasteiger partial charge on any atom is 0.238 e. The van der Waals surface area contributed by atoms with Crippen molar-refractivity contribution >= 4 is 34.5 Å². The van der Waals surface area contributed by atoms with E-state index >= 15 is 0 Å². The second-order valence-electron chi connectivity index (χ2n) is 6.35. The van der Waals surface area contributed by atoms with Gasteiger partial charge in [-0.15, -0.1) is 11.3 Å². The van der Waals surface area contributed by atoms with E-state index in [4.69, 9.17) is 0 Å². The van der Waals surface area contributed by atoms with Gasteiger partial charge in [-0.25, -0.2) is 0 Å². The van der Waals surface area contributed by atoms with Gasteiger partial charge in [-0.05, 0) is 50.0 Å². The minimum absolute atomic E-state index is 0.0594. The molecule has 1 saturated heterocycles. The van der Waals surface area contributed by atoms with E-state index in [0.29, 0.717) is 13.0 Å².